The zero-order chi connectivity index (χ0) is 12.4. The Morgan fingerprint density at radius 1 is 1.35 bits per heavy atom. The molecule has 0 spiro atoms. The van der Waals surface area contributed by atoms with Crippen molar-refractivity contribution in [3.8, 4) is 0 Å². The van der Waals surface area contributed by atoms with Crippen molar-refractivity contribution in [1.82, 2.24) is 5.32 Å². The molecule has 4 heteroatoms. The van der Waals surface area contributed by atoms with Gasteiger partial charge in [-0.1, -0.05) is 12.5 Å². The van der Waals surface area contributed by atoms with Crippen LogP contribution in [0.15, 0.2) is 12.1 Å². The normalized spacial score (nSPS) is 22.5. The van der Waals surface area contributed by atoms with Gasteiger partial charge in [0.1, 0.15) is 11.6 Å². The SMILES string of the molecule is Cc1ccc(F)c(C(O)C2CCCCN2)c1F. The summed E-state index contributed by atoms with van der Waals surface area (Å²) in [6.07, 6.45) is 1.65. The van der Waals surface area contributed by atoms with Gasteiger partial charge < -0.3 is 10.4 Å². The largest absolute Gasteiger partial charge is 0.387 e. The predicted octanol–water partition coefficient (Wildman–Crippen LogP) is 2.45. The third-order valence-electron chi connectivity index (χ3n) is 3.34. The van der Waals surface area contributed by atoms with Crippen LogP contribution in [-0.4, -0.2) is 17.7 Å². The van der Waals surface area contributed by atoms with Crippen LogP contribution in [0.25, 0.3) is 0 Å². The molecule has 2 unspecified atom stereocenters. The summed E-state index contributed by atoms with van der Waals surface area (Å²) in [6, 6.07) is 2.34. The Morgan fingerprint density at radius 3 is 2.76 bits per heavy atom. The Morgan fingerprint density at radius 2 is 2.12 bits per heavy atom. The summed E-state index contributed by atoms with van der Waals surface area (Å²) in [5.41, 5.74) is 0.153. The first-order valence-electron chi connectivity index (χ1n) is 5.97. The maximum atomic E-state index is 13.8. The average Bonchev–Trinajstić information content (AvgIpc) is 2.35. The van der Waals surface area contributed by atoms with E-state index < -0.39 is 17.7 Å². The number of benzene rings is 1. The molecule has 0 saturated carbocycles. The van der Waals surface area contributed by atoms with E-state index in [-0.39, 0.29) is 11.6 Å². The van der Waals surface area contributed by atoms with Gasteiger partial charge in [0.2, 0.25) is 0 Å². The standard InChI is InChI=1S/C13H17F2NO/c1-8-5-6-9(14)11(12(8)15)13(17)10-4-2-3-7-16-10/h5-6,10,13,16-17H,2-4,7H2,1H3. The molecule has 1 heterocycles. The number of hydrogen-bond acceptors (Lipinski definition) is 2. The van der Waals surface area contributed by atoms with E-state index in [4.69, 9.17) is 0 Å². The number of halogens is 2. The van der Waals surface area contributed by atoms with Gasteiger partial charge in [0.25, 0.3) is 0 Å². The molecule has 17 heavy (non-hydrogen) atoms. The molecule has 1 saturated heterocycles. The van der Waals surface area contributed by atoms with Gasteiger partial charge in [-0.2, -0.15) is 0 Å². The van der Waals surface area contributed by atoms with E-state index in [0.717, 1.165) is 25.8 Å². The molecular weight excluding hydrogens is 224 g/mol. The summed E-state index contributed by atoms with van der Waals surface area (Å²) in [5, 5.41) is 13.2. The van der Waals surface area contributed by atoms with Crippen molar-refractivity contribution in [3.63, 3.8) is 0 Å². The lowest BCUT2D eigenvalue weighted by atomic mass is 9.93. The monoisotopic (exact) mass is 241 g/mol. The van der Waals surface area contributed by atoms with Crippen LogP contribution in [0.3, 0.4) is 0 Å². The molecule has 0 amide bonds. The van der Waals surface area contributed by atoms with Gasteiger partial charge in [-0.05, 0) is 37.9 Å². The van der Waals surface area contributed by atoms with Gasteiger partial charge in [-0.15, -0.1) is 0 Å². The van der Waals surface area contributed by atoms with E-state index in [1.165, 1.54) is 12.1 Å². The lowest BCUT2D eigenvalue weighted by molar-refractivity contribution is 0.106. The zero-order valence-electron chi connectivity index (χ0n) is 9.84. The van der Waals surface area contributed by atoms with E-state index in [9.17, 15) is 13.9 Å². The van der Waals surface area contributed by atoms with E-state index >= 15 is 0 Å². The van der Waals surface area contributed by atoms with Crippen molar-refractivity contribution in [2.75, 3.05) is 6.54 Å². The van der Waals surface area contributed by atoms with Crippen molar-refractivity contribution in [2.45, 2.75) is 38.3 Å². The summed E-state index contributed by atoms with van der Waals surface area (Å²) in [4.78, 5) is 0. The first-order chi connectivity index (χ1) is 8.11. The highest BCUT2D eigenvalue weighted by atomic mass is 19.1. The molecule has 2 rings (SSSR count). The zero-order valence-corrected chi connectivity index (χ0v) is 9.84. The van der Waals surface area contributed by atoms with Crippen LogP contribution in [-0.2, 0) is 0 Å². The van der Waals surface area contributed by atoms with Crippen LogP contribution in [0.1, 0.15) is 36.5 Å². The van der Waals surface area contributed by atoms with Gasteiger partial charge in [-0.25, -0.2) is 8.78 Å². The fourth-order valence-electron chi connectivity index (χ4n) is 2.30. The summed E-state index contributed by atoms with van der Waals surface area (Å²) in [5.74, 6) is -1.31. The maximum Gasteiger partial charge on any atom is 0.134 e. The molecule has 1 fully saturated rings. The molecule has 1 aliphatic heterocycles. The number of nitrogens with one attached hydrogen (secondary N) is 1. The van der Waals surface area contributed by atoms with Crippen molar-refractivity contribution >= 4 is 0 Å². The highest BCUT2D eigenvalue weighted by molar-refractivity contribution is 5.29. The molecule has 0 aliphatic carbocycles. The quantitative estimate of drug-likeness (QED) is 0.833. The van der Waals surface area contributed by atoms with Crippen LogP contribution in [0.5, 0.6) is 0 Å². The number of aliphatic hydroxyl groups is 1. The van der Waals surface area contributed by atoms with Gasteiger partial charge in [0.05, 0.1) is 11.7 Å². The van der Waals surface area contributed by atoms with Gasteiger partial charge >= 0.3 is 0 Å². The topological polar surface area (TPSA) is 32.3 Å². The summed E-state index contributed by atoms with van der Waals surface area (Å²) in [6.45, 7) is 2.36. The highest BCUT2D eigenvalue weighted by Gasteiger charge is 2.28. The van der Waals surface area contributed by atoms with Crippen molar-refractivity contribution in [3.05, 3.63) is 34.9 Å². The second-order valence-corrected chi connectivity index (χ2v) is 4.59. The van der Waals surface area contributed by atoms with E-state index in [1.54, 1.807) is 6.92 Å². The highest BCUT2D eigenvalue weighted by Crippen LogP contribution is 2.28. The first-order valence-corrected chi connectivity index (χ1v) is 5.97. The maximum absolute atomic E-state index is 13.8. The third kappa shape index (κ3) is 2.48. The molecule has 0 radical (unpaired) electrons. The molecule has 1 aromatic carbocycles. The second-order valence-electron chi connectivity index (χ2n) is 4.59. The molecule has 0 aromatic heterocycles. The van der Waals surface area contributed by atoms with Crippen LogP contribution in [0.4, 0.5) is 8.78 Å². The molecule has 0 bridgehead atoms. The van der Waals surface area contributed by atoms with Crippen LogP contribution >= 0.6 is 0 Å². The predicted molar refractivity (Wildman–Crippen MR) is 61.7 cm³/mol. The Labute approximate surface area is 99.7 Å². The lowest BCUT2D eigenvalue weighted by Gasteiger charge is -2.28. The first kappa shape index (κ1) is 12.5. The van der Waals surface area contributed by atoms with Crippen molar-refractivity contribution in [1.29, 1.82) is 0 Å². The smallest absolute Gasteiger partial charge is 0.134 e. The minimum absolute atomic E-state index is 0.204. The van der Waals surface area contributed by atoms with Crippen LogP contribution < -0.4 is 5.32 Å². The van der Waals surface area contributed by atoms with Gasteiger partial charge in [0.15, 0.2) is 0 Å². The fraction of sp³-hybridized carbons (Fsp3) is 0.538. The molecule has 2 nitrogen and oxygen atoms in total. The van der Waals surface area contributed by atoms with E-state index in [2.05, 4.69) is 5.32 Å². The minimum Gasteiger partial charge on any atom is -0.387 e. The van der Waals surface area contributed by atoms with Crippen molar-refractivity contribution in [2.24, 2.45) is 0 Å². The summed E-state index contributed by atoms with van der Waals surface area (Å²) < 4.78 is 27.4. The number of rotatable bonds is 2. The summed E-state index contributed by atoms with van der Waals surface area (Å²) >= 11 is 0. The molecule has 1 aliphatic rings. The van der Waals surface area contributed by atoms with Crippen molar-refractivity contribution < 1.29 is 13.9 Å². The third-order valence-corrected chi connectivity index (χ3v) is 3.34. The molecule has 2 atom stereocenters. The Balaban J connectivity index is 2.29. The lowest BCUT2D eigenvalue weighted by Crippen LogP contribution is -2.39. The molecular formula is C13H17F2NO. The number of aryl methyl sites for hydroxylation is 1. The second kappa shape index (κ2) is 5.10. The Bertz CT molecular complexity index is 403. The summed E-state index contributed by atoms with van der Waals surface area (Å²) in [7, 11) is 0. The number of piperidine rings is 1. The Hall–Kier alpha value is -1.00. The fourth-order valence-corrected chi connectivity index (χ4v) is 2.30. The molecule has 2 N–H and O–H groups in total. The number of hydrogen-bond donors (Lipinski definition) is 2. The average molecular weight is 241 g/mol. The van der Waals surface area contributed by atoms with Crippen LogP contribution in [0.2, 0.25) is 0 Å². The van der Waals surface area contributed by atoms with Crippen LogP contribution in [0, 0.1) is 18.6 Å². The Kier molecular flexibility index (Phi) is 3.74. The van der Waals surface area contributed by atoms with Gasteiger partial charge in [0, 0.05) is 6.04 Å². The minimum atomic E-state index is -1.12. The van der Waals surface area contributed by atoms with E-state index in [0.29, 0.717) is 5.56 Å². The van der Waals surface area contributed by atoms with Gasteiger partial charge in [-0.3, -0.25) is 0 Å². The molecule has 94 valence electrons. The molecule has 1 aromatic rings. The van der Waals surface area contributed by atoms with E-state index in [1.807, 2.05) is 0 Å². The number of aliphatic hydroxyl groups excluding tert-OH is 1.